The van der Waals surface area contributed by atoms with Gasteiger partial charge >= 0.3 is 6.09 Å². The molecule has 0 spiro atoms. The topological polar surface area (TPSA) is 57.4 Å². The Balaban J connectivity index is 1.52. The van der Waals surface area contributed by atoms with Crippen LogP contribution in [-0.2, 0) is 4.74 Å². The van der Waals surface area contributed by atoms with Crippen LogP contribution in [0.2, 0.25) is 0 Å². The molecule has 5 nitrogen and oxygen atoms in total. The summed E-state index contributed by atoms with van der Waals surface area (Å²) in [6, 6.07) is 5.91. The number of hydrogen-bond donors (Lipinski definition) is 2. The number of carbonyl (C=O) groups excluding carboxylic acids is 1. The molecule has 6 heteroatoms. The van der Waals surface area contributed by atoms with Crippen molar-refractivity contribution in [2.75, 3.05) is 18.4 Å². The van der Waals surface area contributed by atoms with E-state index in [4.69, 9.17) is 4.74 Å². The molecule has 0 atom stereocenters. The van der Waals surface area contributed by atoms with Crippen molar-refractivity contribution in [3.05, 3.63) is 58.0 Å². The number of hydrogen-bond acceptors (Lipinski definition) is 3. The normalized spacial score (nSPS) is 17.5. The quantitative estimate of drug-likeness (QED) is 0.522. The van der Waals surface area contributed by atoms with Crippen LogP contribution >= 0.6 is 20.7 Å². The van der Waals surface area contributed by atoms with E-state index in [0.717, 1.165) is 36.1 Å². The zero-order chi connectivity index (χ0) is 20.4. The van der Waals surface area contributed by atoms with Crippen LogP contribution in [0.4, 0.5) is 10.5 Å². The molecule has 3 heterocycles. The molecule has 0 unspecified atom stereocenters. The number of nitrogens with one attached hydrogen (secondary N) is 2. The van der Waals surface area contributed by atoms with Gasteiger partial charge in [-0.05, 0) is 61.1 Å². The van der Waals surface area contributed by atoms with Crippen molar-refractivity contribution in [1.82, 2.24) is 9.88 Å². The second-order valence-corrected chi connectivity index (χ2v) is 10.3. The first-order valence-corrected chi connectivity index (χ1v) is 12.3. The number of benzene rings is 1. The third-order valence-corrected chi connectivity index (χ3v) is 7.02. The molecular weight excluding hydrogens is 477 g/mol. The summed E-state index contributed by atoms with van der Waals surface area (Å²) in [7, 11) is 0. The second-order valence-electron chi connectivity index (χ2n) is 8.20. The average Bonchev–Trinajstić information content (AvgIpc) is 3.11. The van der Waals surface area contributed by atoms with Crippen LogP contribution in [0.1, 0.15) is 32.8 Å². The molecule has 2 N–H and O–H groups in total. The van der Waals surface area contributed by atoms with Gasteiger partial charge in [0.15, 0.2) is 0 Å². The van der Waals surface area contributed by atoms with Crippen molar-refractivity contribution >= 4 is 53.0 Å². The zero-order valence-corrected chi connectivity index (χ0v) is 19.1. The predicted molar refractivity (Wildman–Crippen MR) is 130 cm³/mol. The summed E-state index contributed by atoms with van der Waals surface area (Å²) in [6.07, 6.45) is 8.71. The highest BCUT2D eigenvalue weighted by molar-refractivity contribution is 14.2. The van der Waals surface area contributed by atoms with Gasteiger partial charge in [0, 0.05) is 51.1 Å². The van der Waals surface area contributed by atoms with Crippen molar-refractivity contribution in [2.45, 2.75) is 32.7 Å². The van der Waals surface area contributed by atoms with Crippen LogP contribution in [-0.4, -0.2) is 38.6 Å². The van der Waals surface area contributed by atoms with Crippen LogP contribution in [0.5, 0.6) is 0 Å². The molecule has 1 aromatic carbocycles. The molecule has 2 aliphatic heterocycles. The number of amides is 1. The minimum atomic E-state index is -0.457. The number of nitrogens with zero attached hydrogens (tertiary/aromatic N) is 1. The molecule has 0 aliphatic carbocycles. The Hall–Kier alpha value is -2.19. The summed E-state index contributed by atoms with van der Waals surface area (Å²) in [4.78, 5) is 18.1. The van der Waals surface area contributed by atoms with Gasteiger partial charge in [-0.2, -0.15) is 0 Å². The maximum absolute atomic E-state index is 12.2. The van der Waals surface area contributed by atoms with Gasteiger partial charge in [0.25, 0.3) is 0 Å². The van der Waals surface area contributed by atoms with Gasteiger partial charge < -0.3 is 9.72 Å². The van der Waals surface area contributed by atoms with Gasteiger partial charge in [-0.3, -0.25) is 10.2 Å². The minimum absolute atomic E-state index is 0.151. The lowest BCUT2D eigenvalue weighted by atomic mass is 9.95. The molecular formula is C23H26IN3O2. The number of allylic oxidation sites excluding steroid dienone is 2. The number of anilines is 1. The van der Waals surface area contributed by atoms with Crippen molar-refractivity contribution in [3.63, 3.8) is 0 Å². The lowest BCUT2D eigenvalue weighted by molar-refractivity contribution is 0.153. The molecule has 0 saturated carbocycles. The lowest BCUT2D eigenvalue weighted by Gasteiger charge is -2.37. The molecule has 2 aromatic rings. The minimum Gasteiger partial charge on any atom is -0.410 e. The third kappa shape index (κ3) is 4.70. The summed E-state index contributed by atoms with van der Waals surface area (Å²) in [6.45, 7) is 8.78. The number of ether oxygens (including phenoxy) is 1. The van der Waals surface area contributed by atoms with E-state index < -0.39 is 6.09 Å². The smallest absolute Gasteiger partial charge is 0.410 e. The fraction of sp³-hybridized carbons (Fsp3) is 0.304. The Kier molecular flexibility index (Phi) is 5.74. The van der Waals surface area contributed by atoms with Crippen molar-refractivity contribution in [3.8, 4) is 0 Å². The van der Waals surface area contributed by atoms with Crippen LogP contribution in [0.25, 0.3) is 16.5 Å². The Labute approximate surface area is 181 Å². The van der Waals surface area contributed by atoms with Crippen molar-refractivity contribution in [1.29, 1.82) is 0 Å². The molecule has 0 radical (unpaired) electrons. The molecule has 0 fully saturated rings. The Bertz CT molecular complexity index is 1050. The monoisotopic (exact) mass is 503 g/mol. The van der Waals surface area contributed by atoms with E-state index in [9.17, 15) is 4.79 Å². The predicted octanol–water partition coefficient (Wildman–Crippen LogP) is 5.79. The van der Waals surface area contributed by atoms with Gasteiger partial charge in [-0.15, -0.1) is 0 Å². The van der Waals surface area contributed by atoms with Crippen LogP contribution in [0.15, 0.2) is 52.5 Å². The molecule has 29 heavy (non-hydrogen) atoms. The Morgan fingerprint density at radius 2 is 2.17 bits per heavy atom. The fourth-order valence-corrected chi connectivity index (χ4v) is 4.95. The highest BCUT2D eigenvalue weighted by Crippen LogP contribution is 2.32. The Morgan fingerprint density at radius 1 is 1.31 bits per heavy atom. The maximum Gasteiger partial charge on any atom is 0.417 e. The van der Waals surface area contributed by atoms with E-state index in [1.165, 1.54) is 11.1 Å². The molecule has 1 amide bonds. The standard InChI is InChI=1S/C23H26IN3O2/c1-23(2,3)27-11-8-16(9-12-27)20-15-25-21-7-6-17(13-19(20)21)26-22(28)29-18-5-4-10-24-14-18/h4-8,10,13-15,25H,9,11-12H2,1-3H3,(H,26,28). The van der Waals surface area contributed by atoms with Gasteiger partial charge in [-0.25, -0.2) is 4.79 Å². The molecule has 152 valence electrons. The van der Waals surface area contributed by atoms with Gasteiger partial charge in [-0.1, -0.05) is 32.9 Å². The molecule has 1 aromatic heterocycles. The van der Waals surface area contributed by atoms with E-state index in [-0.39, 0.29) is 26.3 Å². The number of fused-ring (bicyclic) bond motifs is 1. The molecule has 0 saturated heterocycles. The maximum atomic E-state index is 12.2. The highest BCUT2D eigenvalue weighted by Gasteiger charge is 2.24. The van der Waals surface area contributed by atoms with Crippen molar-refractivity contribution < 1.29 is 9.53 Å². The summed E-state index contributed by atoms with van der Waals surface area (Å²) in [5, 5.41) is 3.97. The largest absolute Gasteiger partial charge is 0.417 e. The highest BCUT2D eigenvalue weighted by atomic mass is 127. The van der Waals surface area contributed by atoms with Crippen LogP contribution in [0, 0.1) is 0 Å². The average molecular weight is 503 g/mol. The van der Waals surface area contributed by atoms with E-state index in [0.29, 0.717) is 5.76 Å². The number of aromatic amines is 1. The van der Waals surface area contributed by atoms with E-state index >= 15 is 0 Å². The van der Waals surface area contributed by atoms with Gasteiger partial charge in [0.2, 0.25) is 0 Å². The van der Waals surface area contributed by atoms with E-state index in [1.807, 2.05) is 34.4 Å². The first kappa shape index (κ1) is 20.1. The number of carbonyl (C=O) groups is 1. The lowest BCUT2D eigenvalue weighted by Crippen LogP contribution is -2.43. The van der Waals surface area contributed by atoms with Crippen LogP contribution in [0.3, 0.4) is 0 Å². The Morgan fingerprint density at radius 3 is 2.86 bits per heavy atom. The van der Waals surface area contributed by atoms with Crippen molar-refractivity contribution in [2.24, 2.45) is 0 Å². The molecule has 0 bridgehead atoms. The third-order valence-electron chi connectivity index (χ3n) is 5.22. The fourth-order valence-electron chi connectivity index (χ4n) is 3.60. The zero-order valence-electron chi connectivity index (χ0n) is 17.0. The summed E-state index contributed by atoms with van der Waals surface area (Å²) >= 11 is -0.151. The van der Waals surface area contributed by atoms with Gasteiger partial charge in [0.1, 0.15) is 5.76 Å². The SMILES string of the molecule is CC(C)(C)N1CC=C(c2c[nH]c3ccc(NC(=O)OC4=CI=CC=C4)cc23)CC1. The summed E-state index contributed by atoms with van der Waals surface area (Å²) in [5.41, 5.74) is 4.55. The number of halogens is 1. The van der Waals surface area contributed by atoms with E-state index in [1.54, 1.807) is 0 Å². The van der Waals surface area contributed by atoms with Gasteiger partial charge in [0.05, 0.1) is 0 Å². The molecule has 2 aliphatic rings. The number of H-pyrrole nitrogens is 1. The summed E-state index contributed by atoms with van der Waals surface area (Å²) < 4.78 is 9.49. The van der Waals surface area contributed by atoms with E-state index in [2.05, 4.69) is 52.3 Å². The first-order chi connectivity index (χ1) is 13.9. The molecule has 4 rings (SSSR count). The summed E-state index contributed by atoms with van der Waals surface area (Å²) in [5.74, 6) is 0.622. The number of rotatable bonds is 3. The van der Waals surface area contributed by atoms with Crippen LogP contribution < -0.4 is 5.32 Å². The first-order valence-electron chi connectivity index (χ1n) is 9.76. The number of aromatic nitrogens is 1. The second kappa shape index (κ2) is 8.28.